The molecular weight excluding hydrogens is 330 g/mol. The van der Waals surface area contributed by atoms with Gasteiger partial charge in [0.25, 0.3) is 0 Å². The molecule has 0 saturated heterocycles. The number of allylic oxidation sites excluding steroid dienone is 1. The Balaban J connectivity index is 2.65. The second-order valence-corrected chi connectivity index (χ2v) is 6.62. The Labute approximate surface area is 124 Å². The van der Waals surface area contributed by atoms with E-state index in [1.807, 2.05) is 12.1 Å². The van der Waals surface area contributed by atoms with Crippen molar-refractivity contribution in [3.8, 4) is 0 Å². The SMILES string of the molecule is C=CCCC(NC(=O)C(C)c1ccc(Br)s1)C(=O)O. The molecule has 2 N–H and O–H groups in total. The van der Waals surface area contributed by atoms with Crippen LogP contribution in [0.5, 0.6) is 0 Å². The maximum atomic E-state index is 12.0. The quantitative estimate of drug-likeness (QED) is 0.746. The van der Waals surface area contributed by atoms with Gasteiger partial charge in [0, 0.05) is 4.88 Å². The molecule has 1 aromatic heterocycles. The molecule has 0 fully saturated rings. The summed E-state index contributed by atoms with van der Waals surface area (Å²) in [4.78, 5) is 24.0. The fourth-order valence-corrected chi connectivity index (χ4v) is 3.00. The Kier molecular flexibility index (Phi) is 6.24. The van der Waals surface area contributed by atoms with Crippen molar-refractivity contribution in [2.24, 2.45) is 0 Å². The third-order valence-corrected chi connectivity index (χ3v) is 4.49. The van der Waals surface area contributed by atoms with Crippen molar-refractivity contribution in [2.45, 2.75) is 31.7 Å². The van der Waals surface area contributed by atoms with Crippen molar-refractivity contribution in [1.82, 2.24) is 5.32 Å². The normalized spacial score (nSPS) is 13.6. The van der Waals surface area contributed by atoms with Gasteiger partial charge in [0.2, 0.25) is 5.91 Å². The number of halogens is 1. The van der Waals surface area contributed by atoms with Gasteiger partial charge in [-0.25, -0.2) is 4.79 Å². The fraction of sp³-hybridized carbons (Fsp3) is 0.385. The molecule has 6 heteroatoms. The van der Waals surface area contributed by atoms with Crippen molar-refractivity contribution >= 4 is 39.1 Å². The van der Waals surface area contributed by atoms with Crippen molar-refractivity contribution in [1.29, 1.82) is 0 Å². The van der Waals surface area contributed by atoms with Gasteiger partial charge in [-0.3, -0.25) is 4.79 Å². The van der Waals surface area contributed by atoms with E-state index in [4.69, 9.17) is 5.11 Å². The van der Waals surface area contributed by atoms with Crippen molar-refractivity contribution in [2.75, 3.05) is 0 Å². The summed E-state index contributed by atoms with van der Waals surface area (Å²) in [6.07, 6.45) is 2.55. The fourth-order valence-electron chi connectivity index (χ4n) is 1.53. The average molecular weight is 346 g/mol. The third kappa shape index (κ3) is 4.80. The molecule has 0 bridgehead atoms. The molecule has 0 radical (unpaired) electrons. The third-order valence-electron chi connectivity index (χ3n) is 2.69. The van der Waals surface area contributed by atoms with Crippen LogP contribution < -0.4 is 5.32 Å². The van der Waals surface area contributed by atoms with E-state index in [1.54, 1.807) is 13.0 Å². The number of hydrogen-bond acceptors (Lipinski definition) is 3. The Morgan fingerprint density at radius 3 is 2.74 bits per heavy atom. The summed E-state index contributed by atoms with van der Waals surface area (Å²) in [5.74, 6) is -1.65. The second kappa shape index (κ2) is 7.45. The Morgan fingerprint density at radius 1 is 1.58 bits per heavy atom. The van der Waals surface area contributed by atoms with E-state index in [1.165, 1.54) is 11.3 Å². The lowest BCUT2D eigenvalue weighted by molar-refractivity contribution is -0.142. The van der Waals surface area contributed by atoms with Crippen LogP contribution in [0.3, 0.4) is 0 Å². The number of carboxylic acids is 1. The van der Waals surface area contributed by atoms with Gasteiger partial charge >= 0.3 is 5.97 Å². The molecule has 0 aromatic carbocycles. The Bertz CT molecular complexity index is 472. The number of carbonyl (C=O) groups excluding carboxylic acids is 1. The first-order chi connectivity index (χ1) is 8.95. The zero-order valence-electron chi connectivity index (χ0n) is 10.6. The number of rotatable bonds is 7. The largest absolute Gasteiger partial charge is 0.480 e. The van der Waals surface area contributed by atoms with Crippen LogP contribution in [0.4, 0.5) is 0 Å². The van der Waals surface area contributed by atoms with Gasteiger partial charge in [-0.2, -0.15) is 0 Å². The van der Waals surface area contributed by atoms with E-state index in [0.29, 0.717) is 12.8 Å². The summed E-state index contributed by atoms with van der Waals surface area (Å²) < 4.78 is 0.948. The number of hydrogen-bond donors (Lipinski definition) is 2. The number of thiophene rings is 1. The predicted octanol–water partition coefficient (Wildman–Crippen LogP) is 3.15. The van der Waals surface area contributed by atoms with Crippen molar-refractivity contribution < 1.29 is 14.7 Å². The minimum atomic E-state index is -1.02. The zero-order valence-corrected chi connectivity index (χ0v) is 13.0. The molecule has 1 aromatic rings. The summed E-state index contributed by atoms with van der Waals surface area (Å²) in [6.45, 7) is 5.31. The van der Waals surface area contributed by atoms with Gasteiger partial charge < -0.3 is 10.4 Å². The first kappa shape index (κ1) is 15.9. The van der Waals surface area contributed by atoms with Gasteiger partial charge in [-0.15, -0.1) is 17.9 Å². The molecule has 2 unspecified atom stereocenters. The highest BCUT2D eigenvalue weighted by molar-refractivity contribution is 9.11. The van der Waals surface area contributed by atoms with Crippen LogP contribution in [0, 0.1) is 0 Å². The van der Waals surface area contributed by atoms with Gasteiger partial charge in [0.1, 0.15) is 6.04 Å². The predicted molar refractivity (Wildman–Crippen MR) is 79.4 cm³/mol. The van der Waals surface area contributed by atoms with E-state index in [9.17, 15) is 9.59 Å². The van der Waals surface area contributed by atoms with Gasteiger partial charge in [-0.05, 0) is 47.8 Å². The molecule has 0 saturated carbocycles. The summed E-state index contributed by atoms with van der Waals surface area (Å²) >= 11 is 4.81. The lowest BCUT2D eigenvalue weighted by Gasteiger charge is -2.16. The molecule has 0 aliphatic heterocycles. The topological polar surface area (TPSA) is 66.4 Å². The molecule has 1 amide bonds. The smallest absolute Gasteiger partial charge is 0.326 e. The maximum absolute atomic E-state index is 12.0. The molecule has 1 rings (SSSR count). The average Bonchev–Trinajstić information content (AvgIpc) is 2.79. The molecule has 0 aliphatic rings. The second-order valence-electron chi connectivity index (χ2n) is 4.13. The molecular formula is C13H16BrNO3S. The van der Waals surface area contributed by atoms with Crippen molar-refractivity contribution in [3.63, 3.8) is 0 Å². The highest BCUT2D eigenvalue weighted by Crippen LogP contribution is 2.28. The number of aliphatic carboxylic acids is 1. The molecule has 19 heavy (non-hydrogen) atoms. The lowest BCUT2D eigenvalue weighted by Crippen LogP contribution is -2.42. The summed E-state index contributed by atoms with van der Waals surface area (Å²) in [7, 11) is 0. The van der Waals surface area contributed by atoms with Gasteiger partial charge in [-0.1, -0.05) is 6.08 Å². The molecule has 1 heterocycles. The van der Waals surface area contributed by atoms with Crippen LogP contribution in [0.15, 0.2) is 28.6 Å². The highest BCUT2D eigenvalue weighted by Gasteiger charge is 2.23. The summed E-state index contributed by atoms with van der Waals surface area (Å²) in [5.41, 5.74) is 0. The number of nitrogens with one attached hydrogen (secondary N) is 1. The summed E-state index contributed by atoms with van der Waals surface area (Å²) in [5, 5.41) is 11.6. The number of amides is 1. The van der Waals surface area contributed by atoms with Crippen LogP contribution in [0.25, 0.3) is 0 Å². The van der Waals surface area contributed by atoms with Crippen LogP contribution in [0.2, 0.25) is 0 Å². The number of carboxylic acid groups (broad SMARTS) is 1. The molecule has 104 valence electrons. The van der Waals surface area contributed by atoms with E-state index >= 15 is 0 Å². The minimum Gasteiger partial charge on any atom is -0.480 e. The molecule has 2 atom stereocenters. The zero-order chi connectivity index (χ0) is 14.4. The van der Waals surface area contributed by atoms with Crippen molar-refractivity contribution in [3.05, 3.63) is 33.5 Å². The number of carbonyl (C=O) groups is 2. The van der Waals surface area contributed by atoms with Crippen LogP contribution in [-0.4, -0.2) is 23.0 Å². The van der Waals surface area contributed by atoms with Gasteiger partial charge in [0.15, 0.2) is 0 Å². The van der Waals surface area contributed by atoms with E-state index in [-0.39, 0.29) is 11.8 Å². The van der Waals surface area contributed by atoms with Crippen LogP contribution >= 0.6 is 27.3 Å². The standard InChI is InChI=1S/C13H16BrNO3S/c1-3-4-5-9(13(17)18)15-12(16)8(2)10-6-7-11(14)19-10/h3,6-9H,1,4-5H2,2H3,(H,15,16)(H,17,18). The Morgan fingerprint density at radius 2 is 2.26 bits per heavy atom. The first-order valence-corrected chi connectivity index (χ1v) is 7.46. The molecule has 0 spiro atoms. The van der Waals surface area contributed by atoms with E-state index in [2.05, 4.69) is 27.8 Å². The lowest BCUT2D eigenvalue weighted by atomic mass is 10.1. The molecule has 4 nitrogen and oxygen atoms in total. The first-order valence-electron chi connectivity index (χ1n) is 5.85. The van der Waals surface area contributed by atoms with Crippen LogP contribution in [-0.2, 0) is 9.59 Å². The van der Waals surface area contributed by atoms with E-state index < -0.39 is 12.0 Å². The van der Waals surface area contributed by atoms with Crippen LogP contribution in [0.1, 0.15) is 30.6 Å². The molecule has 0 aliphatic carbocycles. The Hall–Kier alpha value is -1.14. The highest BCUT2D eigenvalue weighted by atomic mass is 79.9. The maximum Gasteiger partial charge on any atom is 0.326 e. The monoisotopic (exact) mass is 345 g/mol. The summed E-state index contributed by atoms with van der Waals surface area (Å²) in [6, 6.07) is 2.87. The van der Waals surface area contributed by atoms with E-state index in [0.717, 1.165) is 8.66 Å². The van der Waals surface area contributed by atoms with Gasteiger partial charge in [0.05, 0.1) is 9.70 Å². The minimum absolute atomic E-state index is 0.272.